The van der Waals surface area contributed by atoms with Crippen LogP contribution in [0.3, 0.4) is 0 Å². The Morgan fingerprint density at radius 3 is 1.83 bits per heavy atom. The molecule has 194 valence electrons. The third-order valence-corrected chi connectivity index (χ3v) is 5.30. The van der Waals surface area contributed by atoms with E-state index in [4.69, 9.17) is 11.5 Å². The molecule has 0 aliphatic carbocycles. The van der Waals surface area contributed by atoms with Crippen LogP contribution in [0, 0.1) is 11.8 Å². The van der Waals surface area contributed by atoms with Gasteiger partial charge in [0.25, 0.3) is 0 Å². The van der Waals surface area contributed by atoms with Gasteiger partial charge in [-0.25, -0.2) is 4.79 Å². The maximum atomic E-state index is 13.0. The molecule has 4 atom stereocenters. The summed E-state index contributed by atoms with van der Waals surface area (Å²) in [5.74, 6) is -4.45. The summed E-state index contributed by atoms with van der Waals surface area (Å²) in [7, 11) is 0. The highest BCUT2D eigenvalue weighted by Crippen LogP contribution is 2.09. The van der Waals surface area contributed by atoms with Gasteiger partial charge in [-0.2, -0.15) is 0 Å². The van der Waals surface area contributed by atoms with Crippen molar-refractivity contribution in [3.05, 3.63) is 35.9 Å². The number of carbonyl (C=O) groups is 5. The van der Waals surface area contributed by atoms with Crippen LogP contribution in [0.15, 0.2) is 30.3 Å². The van der Waals surface area contributed by atoms with Crippen LogP contribution in [-0.2, 0) is 30.4 Å². The fourth-order valence-corrected chi connectivity index (χ4v) is 3.28. The molecule has 4 unspecified atom stereocenters. The monoisotopic (exact) mass is 491 g/mol. The number of hydrogen-bond acceptors (Lipinski definition) is 6. The minimum Gasteiger partial charge on any atom is -0.480 e. The molecular formula is C24H37N5O6. The largest absolute Gasteiger partial charge is 0.480 e. The maximum absolute atomic E-state index is 13.0. The van der Waals surface area contributed by atoms with E-state index in [-0.39, 0.29) is 24.7 Å². The number of carboxylic acid groups (broad SMARTS) is 1. The molecule has 0 radical (unpaired) electrons. The van der Waals surface area contributed by atoms with Crippen molar-refractivity contribution in [1.29, 1.82) is 0 Å². The molecule has 4 amide bonds. The third-order valence-electron chi connectivity index (χ3n) is 5.30. The summed E-state index contributed by atoms with van der Waals surface area (Å²) in [6, 6.07) is 4.22. The van der Waals surface area contributed by atoms with E-state index >= 15 is 0 Å². The van der Waals surface area contributed by atoms with Gasteiger partial charge in [0.1, 0.15) is 18.1 Å². The first-order chi connectivity index (χ1) is 16.3. The van der Waals surface area contributed by atoms with Gasteiger partial charge in [-0.3, -0.25) is 19.2 Å². The zero-order valence-electron chi connectivity index (χ0n) is 20.6. The molecule has 0 aliphatic rings. The first kappa shape index (κ1) is 29.6. The molecule has 0 bridgehead atoms. The third kappa shape index (κ3) is 10.6. The highest BCUT2D eigenvalue weighted by atomic mass is 16.4. The van der Waals surface area contributed by atoms with Gasteiger partial charge in [-0.05, 0) is 23.8 Å². The fraction of sp³-hybridized carbons (Fsp3) is 0.542. The standard InChI is InChI=1S/C24H37N5O6/c1-13(2)10-16(21(31)29-18(24(34)35)11-15-8-6-5-7-9-15)27-22(32)17(12-19(25)30)28-23(33)20(26)14(3)4/h5-9,13-14,16-18,20H,10-12,26H2,1-4H3,(H2,25,30)(H,27,32)(H,28,33)(H,29,31)(H,34,35). The molecule has 0 fully saturated rings. The Hall–Kier alpha value is -3.47. The van der Waals surface area contributed by atoms with Gasteiger partial charge in [-0.15, -0.1) is 0 Å². The average Bonchev–Trinajstić information content (AvgIpc) is 2.76. The average molecular weight is 492 g/mol. The second-order valence-electron chi connectivity index (χ2n) is 9.28. The van der Waals surface area contributed by atoms with E-state index in [1.54, 1.807) is 44.2 Å². The molecule has 35 heavy (non-hydrogen) atoms. The van der Waals surface area contributed by atoms with E-state index in [9.17, 15) is 29.1 Å². The fourth-order valence-electron chi connectivity index (χ4n) is 3.28. The zero-order valence-corrected chi connectivity index (χ0v) is 20.6. The lowest BCUT2D eigenvalue weighted by Crippen LogP contribution is -2.58. The normalized spacial score (nSPS) is 14.5. The van der Waals surface area contributed by atoms with Gasteiger partial charge in [-0.1, -0.05) is 58.0 Å². The number of nitrogens with two attached hydrogens (primary N) is 2. The lowest BCUT2D eigenvalue weighted by molar-refractivity contribution is -0.142. The quantitative estimate of drug-likeness (QED) is 0.205. The van der Waals surface area contributed by atoms with Crippen LogP contribution in [0.1, 0.15) is 46.1 Å². The molecule has 0 saturated heterocycles. The minimum atomic E-state index is -1.34. The molecule has 11 nitrogen and oxygen atoms in total. The number of carbonyl (C=O) groups excluding carboxylic acids is 4. The Bertz CT molecular complexity index is 890. The molecule has 1 rings (SSSR count). The zero-order chi connectivity index (χ0) is 26.7. The highest BCUT2D eigenvalue weighted by molar-refractivity contribution is 5.96. The van der Waals surface area contributed by atoms with E-state index in [1.807, 2.05) is 13.8 Å². The first-order valence-electron chi connectivity index (χ1n) is 11.5. The van der Waals surface area contributed by atoms with Crippen LogP contribution in [0.25, 0.3) is 0 Å². The van der Waals surface area contributed by atoms with Crippen molar-refractivity contribution in [3.63, 3.8) is 0 Å². The van der Waals surface area contributed by atoms with Gasteiger partial charge < -0.3 is 32.5 Å². The van der Waals surface area contributed by atoms with Crippen molar-refractivity contribution in [3.8, 4) is 0 Å². The van der Waals surface area contributed by atoms with E-state index < -0.39 is 60.2 Å². The Morgan fingerprint density at radius 2 is 1.34 bits per heavy atom. The minimum absolute atomic E-state index is 0.0398. The van der Waals surface area contributed by atoms with Gasteiger partial charge in [0.15, 0.2) is 0 Å². The molecule has 11 heteroatoms. The Kier molecular flexibility index (Phi) is 11.9. The van der Waals surface area contributed by atoms with E-state index in [0.29, 0.717) is 0 Å². The molecule has 0 heterocycles. The highest BCUT2D eigenvalue weighted by Gasteiger charge is 2.32. The number of hydrogen-bond donors (Lipinski definition) is 6. The number of carboxylic acids is 1. The second kappa shape index (κ2) is 14.1. The molecule has 0 aromatic heterocycles. The van der Waals surface area contributed by atoms with Gasteiger partial charge >= 0.3 is 5.97 Å². The van der Waals surface area contributed by atoms with Crippen LogP contribution < -0.4 is 27.4 Å². The van der Waals surface area contributed by atoms with Crippen LogP contribution in [0.4, 0.5) is 0 Å². The summed E-state index contributed by atoms with van der Waals surface area (Å²) in [5, 5.41) is 17.0. The number of primary amides is 1. The van der Waals surface area contributed by atoms with Crippen molar-refractivity contribution >= 4 is 29.6 Å². The van der Waals surface area contributed by atoms with Crippen LogP contribution in [0.2, 0.25) is 0 Å². The topological polar surface area (TPSA) is 194 Å². The molecule has 1 aromatic rings. The number of aliphatic carboxylic acids is 1. The van der Waals surface area contributed by atoms with Crippen molar-refractivity contribution < 1.29 is 29.1 Å². The summed E-state index contributed by atoms with van der Waals surface area (Å²) in [4.78, 5) is 61.6. The van der Waals surface area contributed by atoms with E-state index in [2.05, 4.69) is 16.0 Å². The number of nitrogens with one attached hydrogen (secondary N) is 3. The molecule has 8 N–H and O–H groups in total. The number of benzene rings is 1. The molecular weight excluding hydrogens is 454 g/mol. The van der Waals surface area contributed by atoms with Crippen LogP contribution in [-0.4, -0.2) is 58.9 Å². The van der Waals surface area contributed by atoms with Crippen molar-refractivity contribution in [1.82, 2.24) is 16.0 Å². The predicted molar refractivity (Wildman–Crippen MR) is 130 cm³/mol. The first-order valence-corrected chi connectivity index (χ1v) is 11.5. The second-order valence-corrected chi connectivity index (χ2v) is 9.28. The maximum Gasteiger partial charge on any atom is 0.326 e. The molecule has 0 aliphatic heterocycles. The summed E-state index contributed by atoms with van der Waals surface area (Å²) < 4.78 is 0. The van der Waals surface area contributed by atoms with Gasteiger partial charge in [0.05, 0.1) is 12.5 Å². The number of amides is 4. The summed E-state index contributed by atoms with van der Waals surface area (Å²) >= 11 is 0. The van der Waals surface area contributed by atoms with Gasteiger partial charge in [0, 0.05) is 6.42 Å². The van der Waals surface area contributed by atoms with Crippen molar-refractivity contribution in [2.45, 2.75) is 71.1 Å². The van der Waals surface area contributed by atoms with Crippen molar-refractivity contribution in [2.75, 3.05) is 0 Å². The molecule has 0 spiro atoms. The Morgan fingerprint density at radius 1 is 0.829 bits per heavy atom. The lowest BCUT2D eigenvalue weighted by Gasteiger charge is -2.26. The van der Waals surface area contributed by atoms with Crippen LogP contribution in [0.5, 0.6) is 0 Å². The Labute approximate surface area is 205 Å². The smallest absolute Gasteiger partial charge is 0.326 e. The van der Waals surface area contributed by atoms with Crippen molar-refractivity contribution in [2.24, 2.45) is 23.3 Å². The Balaban J connectivity index is 3.02. The number of rotatable bonds is 14. The summed E-state index contributed by atoms with van der Waals surface area (Å²) in [6.07, 6.45) is -0.250. The molecule has 1 aromatic carbocycles. The lowest BCUT2D eigenvalue weighted by atomic mass is 10.0. The SMILES string of the molecule is CC(C)CC(NC(=O)C(CC(N)=O)NC(=O)C(N)C(C)C)C(=O)NC(Cc1ccccc1)C(=O)O. The van der Waals surface area contributed by atoms with E-state index in [0.717, 1.165) is 5.56 Å². The van der Waals surface area contributed by atoms with Crippen LogP contribution >= 0.6 is 0 Å². The molecule has 0 saturated carbocycles. The summed E-state index contributed by atoms with van der Waals surface area (Å²) in [6.45, 7) is 7.11. The van der Waals surface area contributed by atoms with Gasteiger partial charge in [0.2, 0.25) is 23.6 Å². The van der Waals surface area contributed by atoms with E-state index in [1.165, 1.54) is 0 Å². The summed E-state index contributed by atoms with van der Waals surface area (Å²) in [5.41, 5.74) is 11.8. The predicted octanol–water partition coefficient (Wildman–Crippen LogP) is -0.327.